The molecule has 1 aromatic rings. The van der Waals surface area contributed by atoms with Crippen molar-refractivity contribution in [1.29, 1.82) is 0 Å². The molecule has 0 radical (unpaired) electrons. The van der Waals surface area contributed by atoms with Crippen LogP contribution in [0.1, 0.15) is 51.4 Å². The highest BCUT2D eigenvalue weighted by Gasteiger charge is 2.21. The van der Waals surface area contributed by atoms with Crippen LogP contribution >= 0.6 is 12.4 Å². The standard InChI is InChI=1S/C15H28N4O2.ClH/c1-11(2)10-20-12(3)15-17-14(21-18-15)9-19-7-5-6-13(8-19)16-4;/h11-13,16H,5-10H2,1-4H3;1H. The lowest BCUT2D eigenvalue weighted by molar-refractivity contribution is 0.0402. The van der Waals surface area contributed by atoms with Gasteiger partial charge in [0.25, 0.3) is 0 Å². The minimum atomic E-state index is -0.115. The molecule has 0 spiro atoms. The molecule has 2 atom stereocenters. The van der Waals surface area contributed by atoms with E-state index in [0.29, 0.717) is 30.3 Å². The molecule has 22 heavy (non-hydrogen) atoms. The van der Waals surface area contributed by atoms with E-state index in [4.69, 9.17) is 9.26 Å². The van der Waals surface area contributed by atoms with Gasteiger partial charge in [0.05, 0.1) is 6.54 Å². The van der Waals surface area contributed by atoms with Gasteiger partial charge in [-0.05, 0) is 39.3 Å². The van der Waals surface area contributed by atoms with Gasteiger partial charge in [0, 0.05) is 19.2 Å². The summed E-state index contributed by atoms with van der Waals surface area (Å²) in [4.78, 5) is 6.83. The highest BCUT2D eigenvalue weighted by atomic mass is 35.5. The van der Waals surface area contributed by atoms with E-state index in [1.165, 1.54) is 12.8 Å². The Labute approximate surface area is 139 Å². The van der Waals surface area contributed by atoms with Gasteiger partial charge < -0.3 is 14.6 Å². The molecule has 2 heterocycles. The molecule has 1 aromatic heterocycles. The van der Waals surface area contributed by atoms with Gasteiger partial charge in [-0.25, -0.2) is 0 Å². The van der Waals surface area contributed by atoms with Crippen molar-refractivity contribution in [1.82, 2.24) is 20.4 Å². The van der Waals surface area contributed by atoms with Gasteiger partial charge in [0.1, 0.15) is 6.10 Å². The Kier molecular flexibility index (Phi) is 8.31. The smallest absolute Gasteiger partial charge is 0.240 e. The predicted octanol–water partition coefficient (Wildman–Crippen LogP) is 2.41. The average Bonchev–Trinajstić information content (AvgIpc) is 2.93. The molecule has 2 rings (SSSR count). The number of ether oxygens (including phenoxy) is 1. The number of piperidine rings is 1. The molecule has 1 saturated heterocycles. The number of hydrogen-bond donors (Lipinski definition) is 1. The summed E-state index contributed by atoms with van der Waals surface area (Å²) in [6.07, 6.45) is 2.33. The van der Waals surface area contributed by atoms with Gasteiger partial charge in [-0.3, -0.25) is 4.90 Å². The zero-order valence-corrected chi connectivity index (χ0v) is 14.9. The fraction of sp³-hybridized carbons (Fsp3) is 0.867. The second-order valence-electron chi connectivity index (χ2n) is 6.28. The summed E-state index contributed by atoms with van der Waals surface area (Å²) in [5.74, 6) is 1.83. The van der Waals surface area contributed by atoms with Crippen LogP contribution in [0.5, 0.6) is 0 Å². The largest absolute Gasteiger partial charge is 0.370 e. The molecular formula is C15H29ClN4O2. The van der Waals surface area contributed by atoms with Crippen molar-refractivity contribution in [2.45, 2.75) is 52.3 Å². The van der Waals surface area contributed by atoms with Crippen LogP contribution in [0, 0.1) is 5.92 Å². The van der Waals surface area contributed by atoms with Crippen LogP contribution in [0.3, 0.4) is 0 Å². The summed E-state index contributed by atoms with van der Waals surface area (Å²) in [5, 5.41) is 7.39. The SMILES string of the molecule is CNC1CCCN(Cc2nc(C(C)OCC(C)C)no2)C1.Cl. The number of nitrogens with one attached hydrogen (secondary N) is 1. The highest BCUT2D eigenvalue weighted by Crippen LogP contribution is 2.17. The third-order valence-corrected chi connectivity index (χ3v) is 3.80. The van der Waals surface area contributed by atoms with Crippen LogP contribution in [0.25, 0.3) is 0 Å². The van der Waals surface area contributed by atoms with E-state index in [1.807, 2.05) is 14.0 Å². The Hall–Kier alpha value is -0.690. The molecule has 1 N–H and O–H groups in total. The highest BCUT2D eigenvalue weighted by molar-refractivity contribution is 5.85. The first-order valence-corrected chi connectivity index (χ1v) is 7.92. The minimum absolute atomic E-state index is 0. The second kappa shape index (κ2) is 9.45. The summed E-state index contributed by atoms with van der Waals surface area (Å²) < 4.78 is 11.1. The summed E-state index contributed by atoms with van der Waals surface area (Å²) in [6, 6.07) is 0.564. The monoisotopic (exact) mass is 332 g/mol. The summed E-state index contributed by atoms with van der Waals surface area (Å²) in [5.41, 5.74) is 0. The van der Waals surface area contributed by atoms with Gasteiger partial charge in [-0.15, -0.1) is 12.4 Å². The van der Waals surface area contributed by atoms with Crippen LogP contribution in [0.2, 0.25) is 0 Å². The first kappa shape index (κ1) is 19.4. The van der Waals surface area contributed by atoms with Crippen LogP contribution in [0.4, 0.5) is 0 Å². The first-order valence-electron chi connectivity index (χ1n) is 7.92. The van der Waals surface area contributed by atoms with Crippen LogP contribution in [-0.4, -0.2) is 47.8 Å². The fourth-order valence-electron chi connectivity index (χ4n) is 2.53. The molecule has 2 unspecified atom stereocenters. The Morgan fingerprint density at radius 1 is 1.41 bits per heavy atom. The third kappa shape index (κ3) is 5.83. The molecule has 0 saturated carbocycles. The van der Waals surface area contributed by atoms with E-state index in [0.717, 1.165) is 19.6 Å². The van der Waals surface area contributed by atoms with E-state index in [-0.39, 0.29) is 18.5 Å². The van der Waals surface area contributed by atoms with Crippen molar-refractivity contribution in [3.63, 3.8) is 0 Å². The Balaban J connectivity index is 0.00000242. The summed E-state index contributed by atoms with van der Waals surface area (Å²) in [6.45, 7) is 9.78. The van der Waals surface area contributed by atoms with Gasteiger partial charge in [0.2, 0.25) is 5.89 Å². The second-order valence-corrected chi connectivity index (χ2v) is 6.28. The molecule has 0 amide bonds. The molecule has 1 aliphatic heterocycles. The fourth-order valence-corrected chi connectivity index (χ4v) is 2.53. The maximum atomic E-state index is 5.72. The summed E-state index contributed by atoms with van der Waals surface area (Å²) >= 11 is 0. The van der Waals surface area contributed by atoms with Crippen LogP contribution < -0.4 is 5.32 Å². The molecule has 0 bridgehead atoms. The topological polar surface area (TPSA) is 63.4 Å². The van der Waals surface area contributed by atoms with Gasteiger partial charge in [0.15, 0.2) is 5.82 Å². The van der Waals surface area contributed by atoms with E-state index in [1.54, 1.807) is 0 Å². The molecular weight excluding hydrogens is 304 g/mol. The minimum Gasteiger partial charge on any atom is -0.370 e. The van der Waals surface area contributed by atoms with Gasteiger partial charge >= 0.3 is 0 Å². The zero-order chi connectivity index (χ0) is 15.2. The van der Waals surface area contributed by atoms with Crippen molar-refractivity contribution in [3.05, 3.63) is 11.7 Å². The number of likely N-dealkylation sites (tertiary alicyclic amines) is 1. The number of nitrogens with zero attached hydrogens (tertiary/aromatic N) is 3. The number of rotatable bonds is 7. The number of halogens is 1. The van der Waals surface area contributed by atoms with E-state index >= 15 is 0 Å². The zero-order valence-electron chi connectivity index (χ0n) is 14.0. The van der Waals surface area contributed by atoms with Crippen LogP contribution in [0.15, 0.2) is 4.52 Å². The summed E-state index contributed by atoms with van der Waals surface area (Å²) in [7, 11) is 2.02. The molecule has 7 heteroatoms. The van der Waals surface area contributed by atoms with Crippen molar-refractivity contribution in [2.75, 3.05) is 26.7 Å². The van der Waals surface area contributed by atoms with E-state index in [9.17, 15) is 0 Å². The van der Waals surface area contributed by atoms with Gasteiger partial charge in [-0.1, -0.05) is 19.0 Å². The quantitative estimate of drug-likeness (QED) is 0.827. The van der Waals surface area contributed by atoms with Crippen molar-refractivity contribution in [3.8, 4) is 0 Å². The molecule has 1 aliphatic rings. The lowest BCUT2D eigenvalue weighted by Crippen LogP contribution is -2.43. The maximum Gasteiger partial charge on any atom is 0.240 e. The molecule has 1 fully saturated rings. The normalized spacial score (nSPS) is 20.9. The van der Waals surface area contributed by atoms with Crippen LogP contribution in [-0.2, 0) is 11.3 Å². The Morgan fingerprint density at radius 2 is 2.18 bits per heavy atom. The Bertz CT molecular complexity index is 427. The predicted molar refractivity (Wildman–Crippen MR) is 88.1 cm³/mol. The van der Waals surface area contributed by atoms with E-state index in [2.05, 4.69) is 34.2 Å². The van der Waals surface area contributed by atoms with Crippen molar-refractivity contribution >= 4 is 12.4 Å². The Morgan fingerprint density at radius 3 is 2.86 bits per heavy atom. The average molecular weight is 333 g/mol. The number of aromatic nitrogens is 2. The van der Waals surface area contributed by atoms with Crippen molar-refractivity contribution < 1.29 is 9.26 Å². The molecule has 128 valence electrons. The van der Waals surface area contributed by atoms with E-state index < -0.39 is 0 Å². The maximum absolute atomic E-state index is 5.72. The van der Waals surface area contributed by atoms with Crippen molar-refractivity contribution in [2.24, 2.45) is 5.92 Å². The van der Waals surface area contributed by atoms with Gasteiger partial charge in [-0.2, -0.15) is 4.98 Å². The molecule has 0 aromatic carbocycles. The number of hydrogen-bond acceptors (Lipinski definition) is 6. The lowest BCUT2D eigenvalue weighted by Gasteiger charge is -2.31. The third-order valence-electron chi connectivity index (χ3n) is 3.80. The number of likely N-dealkylation sites (N-methyl/N-ethyl adjacent to an activating group) is 1. The lowest BCUT2D eigenvalue weighted by atomic mass is 10.1. The first-order chi connectivity index (χ1) is 10.1. The molecule has 6 nitrogen and oxygen atoms in total. The molecule has 0 aliphatic carbocycles.